The number of hydrogen-bond donors (Lipinski definition) is 1. The van der Waals surface area contributed by atoms with Crippen molar-refractivity contribution in [2.75, 3.05) is 13.6 Å². The molecule has 0 amide bonds. The molecule has 0 aliphatic heterocycles. The van der Waals surface area contributed by atoms with Gasteiger partial charge in [0.15, 0.2) is 0 Å². The average Bonchev–Trinajstić information content (AvgIpc) is 2.47. The molecule has 2 rings (SSSR count). The second-order valence-corrected chi connectivity index (χ2v) is 4.62. The molecular weight excluding hydrogens is 236 g/mol. The smallest absolute Gasteiger partial charge is 0.0584 e. The third-order valence-corrected chi connectivity index (χ3v) is 3.09. The first kappa shape index (κ1) is 13.6. The van der Waals surface area contributed by atoms with E-state index in [0.29, 0.717) is 6.54 Å². The van der Waals surface area contributed by atoms with E-state index in [9.17, 15) is 0 Å². The molecule has 0 atom stereocenters. The lowest BCUT2D eigenvalue weighted by Gasteiger charge is -2.17. The molecule has 0 unspecified atom stereocenters. The molecule has 19 heavy (non-hydrogen) atoms. The Balaban J connectivity index is 1.89. The Bertz CT molecular complexity index is 499. The average molecular weight is 256 g/mol. The summed E-state index contributed by atoms with van der Waals surface area (Å²) in [5.74, 6) is 0. The third-order valence-electron chi connectivity index (χ3n) is 3.09. The second kappa shape index (κ2) is 6.97. The highest BCUT2D eigenvalue weighted by atomic mass is 15.1. The highest BCUT2D eigenvalue weighted by Crippen LogP contribution is 2.08. The van der Waals surface area contributed by atoms with Gasteiger partial charge in [-0.15, -0.1) is 0 Å². The maximum Gasteiger partial charge on any atom is 0.0584 e. The van der Waals surface area contributed by atoms with E-state index in [0.717, 1.165) is 30.9 Å². The highest BCUT2D eigenvalue weighted by molar-refractivity contribution is 5.19. The summed E-state index contributed by atoms with van der Waals surface area (Å²) in [5.41, 5.74) is 9.01. The summed E-state index contributed by atoms with van der Waals surface area (Å²) in [4.78, 5) is 10.9. The van der Waals surface area contributed by atoms with E-state index in [1.807, 2.05) is 24.4 Å². The molecule has 100 valence electrons. The predicted molar refractivity (Wildman–Crippen MR) is 76.4 cm³/mol. The number of rotatable bonds is 6. The summed E-state index contributed by atoms with van der Waals surface area (Å²) in [6, 6.07) is 10.1. The molecule has 0 saturated carbocycles. The van der Waals surface area contributed by atoms with E-state index in [2.05, 4.69) is 34.0 Å². The Morgan fingerprint density at radius 3 is 2.68 bits per heavy atom. The van der Waals surface area contributed by atoms with Crippen LogP contribution in [0.25, 0.3) is 0 Å². The van der Waals surface area contributed by atoms with Crippen LogP contribution in [-0.2, 0) is 19.5 Å². The molecule has 0 bridgehead atoms. The second-order valence-electron chi connectivity index (χ2n) is 4.62. The van der Waals surface area contributed by atoms with Gasteiger partial charge in [-0.2, -0.15) is 0 Å². The molecule has 4 nitrogen and oxygen atoms in total. The highest BCUT2D eigenvalue weighted by Gasteiger charge is 2.05. The van der Waals surface area contributed by atoms with Crippen LogP contribution in [0.1, 0.15) is 17.0 Å². The minimum absolute atomic E-state index is 0.490. The fourth-order valence-corrected chi connectivity index (χ4v) is 2.02. The van der Waals surface area contributed by atoms with Crippen LogP contribution in [-0.4, -0.2) is 28.5 Å². The first-order valence-corrected chi connectivity index (χ1v) is 6.51. The Hall–Kier alpha value is -1.78. The molecular formula is C15H20N4. The topological polar surface area (TPSA) is 55.0 Å². The van der Waals surface area contributed by atoms with Crippen LogP contribution in [0, 0.1) is 0 Å². The van der Waals surface area contributed by atoms with Crippen LogP contribution < -0.4 is 5.73 Å². The molecule has 2 heterocycles. The third kappa shape index (κ3) is 4.12. The number of hydrogen-bond acceptors (Lipinski definition) is 4. The zero-order valence-electron chi connectivity index (χ0n) is 11.3. The van der Waals surface area contributed by atoms with Gasteiger partial charge in [0.2, 0.25) is 0 Å². The predicted octanol–water partition coefficient (Wildman–Crippen LogP) is 1.61. The van der Waals surface area contributed by atoms with Crippen molar-refractivity contribution in [2.45, 2.75) is 19.5 Å². The summed E-state index contributed by atoms with van der Waals surface area (Å²) < 4.78 is 0. The number of pyridine rings is 2. The van der Waals surface area contributed by atoms with Gasteiger partial charge in [-0.25, -0.2) is 0 Å². The van der Waals surface area contributed by atoms with E-state index in [1.54, 1.807) is 6.20 Å². The largest absolute Gasteiger partial charge is 0.325 e. The van der Waals surface area contributed by atoms with E-state index >= 15 is 0 Å². The van der Waals surface area contributed by atoms with Crippen LogP contribution >= 0.6 is 0 Å². The van der Waals surface area contributed by atoms with Crippen molar-refractivity contribution in [2.24, 2.45) is 5.73 Å². The van der Waals surface area contributed by atoms with Crippen molar-refractivity contribution in [1.82, 2.24) is 14.9 Å². The maximum atomic E-state index is 5.70. The van der Waals surface area contributed by atoms with Gasteiger partial charge in [0.05, 0.1) is 5.69 Å². The lowest BCUT2D eigenvalue weighted by Crippen LogP contribution is -2.22. The number of aromatic nitrogens is 2. The first-order chi connectivity index (χ1) is 9.29. The molecule has 0 spiro atoms. The standard InChI is InChI=1S/C15H20N4/c1-19(10-7-14-6-2-3-8-17-14)12-13-5-4-9-18-15(13)11-16/h2-6,8-9H,7,10-12,16H2,1H3. The van der Waals surface area contributed by atoms with Crippen molar-refractivity contribution in [3.8, 4) is 0 Å². The quantitative estimate of drug-likeness (QED) is 0.853. The van der Waals surface area contributed by atoms with E-state index < -0.39 is 0 Å². The molecule has 0 fully saturated rings. The van der Waals surface area contributed by atoms with Gasteiger partial charge in [-0.1, -0.05) is 12.1 Å². The van der Waals surface area contributed by atoms with Gasteiger partial charge in [-0.3, -0.25) is 9.97 Å². The first-order valence-electron chi connectivity index (χ1n) is 6.51. The Morgan fingerprint density at radius 1 is 1.11 bits per heavy atom. The van der Waals surface area contributed by atoms with Crippen molar-refractivity contribution in [3.63, 3.8) is 0 Å². The zero-order valence-corrected chi connectivity index (χ0v) is 11.3. The van der Waals surface area contributed by atoms with Crippen LogP contribution in [0.5, 0.6) is 0 Å². The molecule has 2 N–H and O–H groups in total. The summed E-state index contributed by atoms with van der Waals surface area (Å²) in [7, 11) is 2.11. The molecule has 2 aromatic heterocycles. The monoisotopic (exact) mass is 256 g/mol. The minimum Gasteiger partial charge on any atom is -0.325 e. The van der Waals surface area contributed by atoms with Crippen LogP contribution in [0.2, 0.25) is 0 Å². The molecule has 0 radical (unpaired) electrons. The van der Waals surface area contributed by atoms with Crippen LogP contribution in [0.3, 0.4) is 0 Å². The fraction of sp³-hybridized carbons (Fsp3) is 0.333. The summed E-state index contributed by atoms with van der Waals surface area (Å²) in [6.45, 7) is 2.33. The Labute approximate surface area is 114 Å². The molecule has 2 aromatic rings. The van der Waals surface area contributed by atoms with E-state index in [4.69, 9.17) is 5.73 Å². The number of likely N-dealkylation sites (N-methyl/N-ethyl adjacent to an activating group) is 1. The normalized spacial score (nSPS) is 10.9. The maximum absolute atomic E-state index is 5.70. The Kier molecular flexibility index (Phi) is 5.01. The van der Waals surface area contributed by atoms with Crippen LogP contribution in [0.15, 0.2) is 42.7 Å². The van der Waals surface area contributed by atoms with E-state index in [1.165, 1.54) is 5.56 Å². The number of nitrogens with two attached hydrogens (primary N) is 1. The molecule has 0 aliphatic carbocycles. The SMILES string of the molecule is CN(CCc1ccccn1)Cc1cccnc1CN. The summed E-state index contributed by atoms with van der Waals surface area (Å²) in [5, 5.41) is 0. The van der Waals surface area contributed by atoms with Crippen molar-refractivity contribution >= 4 is 0 Å². The number of nitrogens with zero attached hydrogens (tertiary/aromatic N) is 3. The Morgan fingerprint density at radius 2 is 1.95 bits per heavy atom. The lowest BCUT2D eigenvalue weighted by atomic mass is 10.1. The van der Waals surface area contributed by atoms with Crippen molar-refractivity contribution in [1.29, 1.82) is 0 Å². The van der Waals surface area contributed by atoms with Gasteiger partial charge < -0.3 is 10.6 Å². The molecule has 0 aromatic carbocycles. The van der Waals surface area contributed by atoms with Gasteiger partial charge in [0.25, 0.3) is 0 Å². The molecule has 0 aliphatic rings. The van der Waals surface area contributed by atoms with Gasteiger partial charge in [-0.05, 0) is 30.8 Å². The summed E-state index contributed by atoms with van der Waals surface area (Å²) >= 11 is 0. The fourth-order valence-electron chi connectivity index (χ4n) is 2.02. The van der Waals surface area contributed by atoms with Gasteiger partial charge >= 0.3 is 0 Å². The van der Waals surface area contributed by atoms with Gasteiger partial charge in [0, 0.05) is 44.1 Å². The minimum atomic E-state index is 0.490. The van der Waals surface area contributed by atoms with Gasteiger partial charge in [0.1, 0.15) is 0 Å². The lowest BCUT2D eigenvalue weighted by molar-refractivity contribution is 0.328. The van der Waals surface area contributed by atoms with E-state index in [-0.39, 0.29) is 0 Å². The molecule has 4 heteroatoms. The van der Waals surface area contributed by atoms with Crippen LogP contribution in [0.4, 0.5) is 0 Å². The van der Waals surface area contributed by atoms with Crippen molar-refractivity contribution < 1.29 is 0 Å². The summed E-state index contributed by atoms with van der Waals surface area (Å²) in [6.07, 6.45) is 4.58. The van der Waals surface area contributed by atoms with Crippen molar-refractivity contribution in [3.05, 3.63) is 59.7 Å². The molecule has 0 saturated heterocycles. The zero-order chi connectivity index (χ0) is 13.5.